The second-order valence-corrected chi connectivity index (χ2v) is 4.09. The highest BCUT2D eigenvalue weighted by Crippen LogP contribution is 2.09. The van der Waals surface area contributed by atoms with E-state index in [0.29, 0.717) is 13.1 Å². The molecule has 0 aliphatic rings. The standard InChI is InChI=1S/C13H20N4O2.2ClH/c1-17(11-5-3-2-4-6-11)8-7-15-13(19)10-16-12(18)9-14;;/h2-6H,7-10,14H2,1H3,(H,15,19)(H,16,18);2*1H. The number of likely N-dealkylation sites (N-methyl/N-ethyl adjacent to an activating group) is 1. The summed E-state index contributed by atoms with van der Waals surface area (Å²) in [7, 11) is 1.96. The Balaban J connectivity index is 0. The molecule has 120 valence electrons. The van der Waals surface area contributed by atoms with Gasteiger partial charge in [-0.3, -0.25) is 9.59 Å². The van der Waals surface area contributed by atoms with Crippen LogP contribution in [-0.2, 0) is 9.59 Å². The molecule has 0 fully saturated rings. The van der Waals surface area contributed by atoms with Crippen molar-refractivity contribution in [2.45, 2.75) is 0 Å². The van der Waals surface area contributed by atoms with Crippen molar-refractivity contribution >= 4 is 42.3 Å². The maximum Gasteiger partial charge on any atom is 0.239 e. The molecule has 0 saturated heterocycles. The molecule has 0 bridgehead atoms. The van der Waals surface area contributed by atoms with Crippen molar-refractivity contribution in [2.75, 3.05) is 38.1 Å². The van der Waals surface area contributed by atoms with Gasteiger partial charge in [-0.25, -0.2) is 0 Å². The molecule has 0 saturated carbocycles. The summed E-state index contributed by atoms with van der Waals surface area (Å²) in [5.74, 6) is -0.556. The zero-order valence-corrected chi connectivity index (χ0v) is 13.5. The Morgan fingerprint density at radius 1 is 1.10 bits per heavy atom. The highest BCUT2D eigenvalue weighted by atomic mass is 35.5. The number of amides is 2. The lowest BCUT2D eigenvalue weighted by atomic mass is 10.3. The number of nitrogens with one attached hydrogen (secondary N) is 2. The molecule has 21 heavy (non-hydrogen) atoms. The van der Waals surface area contributed by atoms with Gasteiger partial charge in [0.1, 0.15) is 0 Å². The van der Waals surface area contributed by atoms with E-state index in [2.05, 4.69) is 10.6 Å². The van der Waals surface area contributed by atoms with Gasteiger partial charge in [-0.05, 0) is 12.1 Å². The fourth-order valence-electron chi connectivity index (χ4n) is 1.49. The molecule has 1 rings (SSSR count). The van der Waals surface area contributed by atoms with Crippen molar-refractivity contribution in [1.82, 2.24) is 10.6 Å². The van der Waals surface area contributed by atoms with Crippen molar-refractivity contribution in [3.05, 3.63) is 30.3 Å². The number of halogens is 2. The van der Waals surface area contributed by atoms with E-state index in [9.17, 15) is 9.59 Å². The minimum Gasteiger partial charge on any atom is -0.373 e. The number of benzene rings is 1. The molecule has 0 unspecified atom stereocenters. The fraction of sp³-hybridized carbons (Fsp3) is 0.385. The molecule has 0 aromatic heterocycles. The van der Waals surface area contributed by atoms with Gasteiger partial charge in [0.25, 0.3) is 0 Å². The Kier molecular flexibility index (Phi) is 12.7. The van der Waals surface area contributed by atoms with Crippen LogP contribution in [0.4, 0.5) is 5.69 Å². The summed E-state index contributed by atoms with van der Waals surface area (Å²) in [6.45, 7) is 1.07. The first-order valence-electron chi connectivity index (χ1n) is 6.13. The molecule has 0 atom stereocenters. The van der Waals surface area contributed by atoms with E-state index in [-0.39, 0.29) is 49.7 Å². The molecule has 8 heteroatoms. The number of anilines is 1. The summed E-state index contributed by atoms with van der Waals surface area (Å²) in [6, 6.07) is 9.89. The largest absolute Gasteiger partial charge is 0.373 e. The molecule has 4 N–H and O–H groups in total. The van der Waals surface area contributed by atoms with Gasteiger partial charge in [0.05, 0.1) is 13.1 Å². The number of carbonyl (C=O) groups excluding carboxylic acids is 2. The molecular formula is C13H22Cl2N4O2. The van der Waals surface area contributed by atoms with Crippen LogP contribution in [-0.4, -0.2) is 45.0 Å². The number of hydrogen-bond acceptors (Lipinski definition) is 4. The summed E-state index contributed by atoms with van der Waals surface area (Å²) in [4.78, 5) is 24.3. The van der Waals surface area contributed by atoms with Gasteiger partial charge in [0, 0.05) is 25.8 Å². The van der Waals surface area contributed by atoms with Crippen molar-refractivity contribution in [1.29, 1.82) is 0 Å². The van der Waals surface area contributed by atoms with E-state index < -0.39 is 0 Å². The Morgan fingerprint density at radius 3 is 2.29 bits per heavy atom. The van der Waals surface area contributed by atoms with E-state index in [4.69, 9.17) is 5.73 Å². The number of nitrogens with two attached hydrogens (primary N) is 1. The zero-order chi connectivity index (χ0) is 14.1. The summed E-state index contributed by atoms with van der Waals surface area (Å²) in [6.07, 6.45) is 0. The molecular weight excluding hydrogens is 315 g/mol. The quantitative estimate of drug-likeness (QED) is 0.661. The maximum atomic E-state index is 11.4. The van der Waals surface area contributed by atoms with Crippen LogP contribution in [0, 0.1) is 0 Å². The van der Waals surface area contributed by atoms with Crippen LogP contribution in [0.15, 0.2) is 30.3 Å². The highest BCUT2D eigenvalue weighted by Gasteiger charge is 2.04. The average molecular weight is 337 g/mol. The summed E-state index contributed by atoms with van der Waals surface area (Å²) >= 11 is 0. The van der Waals surface area contributed by atoms with E-state index in [1.165, 1.54) is 0 Å². The Morgan fingerprint density at radius 2 is 1.71 bits per heavy atom. The Hall–Kier alpha value is -1.50. The molecule has 0 heterocycles. The monoisotopic (exact) mass is 336 g/mol. The predicted octanol–water partition coefficient (Wildman–Crippen LogP) is 0.158. The normalized spacial score (nSPS) is 8.86. The number of rotatable bonds is 7. The number of carbonyl (C=O) groups is 2. The minimum atomic E-state index is -0.337. The van der Waals surface area contributed by atoms with Gasteiger partial charge >= 0.3 is 0 Å². The van der Waals surface area contributed by atoms with Gasteiger partial charge in [-0.1, -0.05) is 18.2 Å². The first-order valence-corrected chi connectivity index (χ1v) is 6.13. The number of para-hydroxylation sites is 1. The van der Waals surface area contributed by atoms with Crippen LogP contribution in [0.5, 0.6) is 0 Å². The van der Waals surface area contributed by atoms with Gasteiger partial charge in [-0.15, -0.1) is 24.8 Å². The molecule has 2 amide bonds. The zero-order valence-electron chi connectivity index (χ0n) is 11.9. The SMILES string of the molecule is CN(CCNC(=O)CNC(=O)CN)c1ccccc1.Cl.Cl. The van der Waals surface area contributed by atoms with Crippen molar-refractivity contribution in [3.63, 3.8) is 0 Å². The molecule has 0 spiro atoms. The van der Waals surface area contributed by atoms with Gasteiger partial charge in [0.2, 0.25) is 11.8 Å². The smallest absolute Gasteiger partial charge is 0.239 e. The number of nitrogens with zero attached hydrogens (tertiary/aromatic N) is 1. The molecule has 0 radical (unpaired) electrons. The lowest BCUT2D eigenvalue weighted by Gasteiger charge is -2.19. The van der Waals surface area contributed by atoms with Gasteiger partial charge in [0.15, 0.2) is 0 Å². The summed E-state index contributed by atoms with van der Waals surface area (Å²) in [5.41, 5.74) is 6.20. The first kappa shape index (κ1) is 21.8. The van der Waals surface area contributed by atoms with Gasteiger partial charge < -0.3 is 21.3 Å². The first-order chi connectivity index (χ1) is 9.13. The van der Waals surface area contributed by atoms with E-state index >= 15 is 0 Å². The third kappa shape index (κ3) is 9.12. The van der Waals surface area contributed by atoms with E-state index in [0.717, 1.165) is 5.69 Å². The second kappa shape index (κ2) is 12.3. The number of hydrogen-bond donors (Lipinski definition) is 3. The van der Waals surface area contributed by atoms with Crippen LogP contribution in [0.25, 0.3) is 0 Å². The van der Waals surface area contributed by atoms with Crippen LogP contribution < -0.4 is 21.3 Å². The fourth-order valence-corrected chi connectivity index (χ4v) is 1.49. The maximum absolute atomic E-state index is 11.4. The van der Waals surface area contributed by atoms with Crippen LogP contribution >= 0.6 is 24.8 Å². The van der Waals surface area contributed by atoms with E-state index in [1.54, 1.807) is 0 Å². The third-order valence-electron chi connectivity index (χ3n) is 2.60. The highest BCUT2D eigenvalue weighted by molar-refractivity contribution is 5.86. The lowest BCUT2D eigenvalue weighted by molar-refractivity contribution is -0.125. The van der Waals surface area contributed by atoms with Crippen molar-refractivity contribution in [3.8, 4) is 0 Å². The Labute approximate surface area is 137 Å². The molecule has 6 nitrogen and oxygen atoms in total. The average Bonchev–Trinajstić information content (AvgIpc) is 2.45. The van der Waals surface area contributed by atoms with Crippen LogP contribution in [0.2, 0.25) is 0 Å². The molecule has 0 aliphatic heterocycles. The topological polar surface area (TPSA) is 87.5 Å². The third-order valence-corrected chi connectivity index (χ3v) is 2.60. The minimum absolute atomic E-state index is 0. The summed E-state index contributed by atoms with van der Waals surface area (Å²) < 4.78 is 0. The van der Waals surface area contributed by atoms with E-state index in [1.807, 2.05) is 42.3 Å². The molecule has 0 aliphatic carbocycles. The van der Waals surface area contributed by atoms with Gasteiger partial charge in [-0.2, -0.15) is 0 Å². The van der Waals surface area contributed by atoms with Crippen LogP contribution in [0.1, 0.15) is 0 Å². The molecule has 1 aromatic carbocycles. The predicted molar refractivity (Wildman–Crippen MR) is 89.3 cm³/mol. The van der Waals surface area contributed by atoms with Crippen molar-refractivity contribution < 1.29 is 9.59 Å². The summed E-state index contributed by atoms with van der Waals surface area (Å²) in [5, 5.41) is 5.14. The Bertz CT molecular complexity index is 418. The lowest BCUT2D eigenvalue weighted by Crippen LogP contribution is -2.41. The van der Waals surface area contributed by atoms with Crippen LogP contribution in [0.3, 0.4) is 0 Å². The van der Waals surface area contributed by atoms with Crippen molar-refractivity contribution in [2.24, 2.45) is 5.73 Å². The molecule has 1 aromatic rings. The second-order valence-electron chi connectivity index (χ2n) is 4.09.